The molecule has 4 rings (SSSR count). The van der Waals surface area contributed by atoms with Gasteiger partial charge in [-0.3, -0.25) is 4.90 Å². The van der Waals surface area contributed by atoms with Gasteiger partial charge in [-0.05, 0) is 29.3 Å². The maximum atomic E-state index is 13.8. The van der Waals surface area contributed by atoms with Gasteiger partial charge in [-0.15, -0.1) is 0 Å². The summed E-state index contributed by atoms with van der Waals surface area (Å²) in [5.41, 5.74) is 0.0776. The lowest BCUT2D eigenvalue weighted by atomic mass is 10.0. The van der Waals surface area contributed by atoms with E-state index < -0.39 is 41.4 Å². The Kier molecular flexibility index (Phi) is 6.76. The summed E-state index contributed by atoms with van der Waals surface area (Å²) in [4.78, 5) is 14.8. The molecule has 2 atom stereocenters. The first kappa shape index (κ1) is 22.9. The Morgan fingerprint density at radius 1 is 1.00 bits per heavy atom. The zero-order chi connectivity index (χ0) is 23.4. The number of esters is 1. The standard InChI is InChI=1S/C25H21F4NO3/c26-21-14-19(13-20(15-21)25(27,28)29)23(31)33-24-22(18-9-5-2-6-10-18)30(11-12-32-24)16-17-7-3-1-4-8-17/h1-10,13-15,22,24H,11-12,16H2/t22-,24+/m0/s1. The van der Waals surface area contributed by atoms with Crippen LogP contribution >= 0.6 is 0 Å². The molecule has 0 unspecified atom stereocenters. The first-order valence-corrected chi connectivity index (χ1v) is 10.3. The van der Waals surface area contributed by atoms with Gasteiger partial charge in [-0.1, -0.05) is 60.7 Å². The summed E-state index contributed by atoms with van der Waals surface area (Å²) in [6.45, 7) is 1.36. The lowest BCUT2D eigenvalue weighted by molar-refractivity contribution is -0.186. The molecular weight excluding hydrogens is 438 g/mol. The van der Waals surface area contributed by atoms with Crippen molar-refractivity contribution in [2.75, 3.05) is 13.2 Å². The van der Waals surface area contributed by atoms with Crippen LogP contribution in [0.1, 0.15) is 33.1 Å². The van der Waals surface area contributed by atoms with Gasteiger partial charge in [-0.25, -0.2) is 9.18 Å². The quantitative estimate of drug-likeness (QED) is 0.368. The number of carbonyl (C=O) groups is 1. The number of ether oxygens (including phenoxy) is 2. The van der Waals surface area contributed by atoms with Crippen molar-refractivity contribution in [3.8, 4) is 0 Å². The van der Waals surface area contributed by atoms with Crippen LogP contribution in [0.3, 0.4) is 0 Å². The molecule has 0 bridgehead atoms. The molecule has 0 saturated carbocycles. The molecule has 0 amide bonds. The number of hydrogen-bond acceptors (Lipinski definition) is 4. The van der Waals surface area contributed by atoms with Crippen LogP contribution in [0.5, 0.6) is 0 Å². The monoisotopic (exact) mass is 459 g/mol. The van der Waals surface area contributed by atoms with Gasteiger partial charge >= 0.3 is 12.1 Å². The fourth-order valence-corrected chi connectivity index (χ4v) is 3.85. The van der Waals surface area contributed by atoms with E-state index in [9.17, 15) is 22.4 Å². The number of benzene rings is 3. The summed E-state index contributed by atoms with van der Waals surface area (Å²) in [5.74, 6) is -2.26. The van der Waals surface area contributed by atoms with Crippen LogP contribution in [-0.4, -0.2) is 30.3 Å². The van der Waals surface area contributed by atoms with E-state index in [2.05, 4.69) is 4.90 Å². The lowest BCUT2D eigenvalue weighted by Gasteiger charge is -2.40. The van der Waals surface area contributed by atoms with Crippen LogP contribution in [0.4, 0.5) is 17.6 Å². The van der Waals surface area contributed by atoms with Crippen molar-refractivity contribution in [3.05, 3.63) is 107 Å². The van der Waals surface area contributed by atoms with Gasteiger partial charge in [0.1, 0.15) is 5.82 Å². The number of halogens is 4. The maximum Gasteiger partial charge on any atom is 0.416 e. The van der Waals surface area contributed by atoms with E-state index in [1.807, 2.05) is 60.7 Å². The average molecular weight is 459 g/mol. The third-order valence-corrected chi connectivity index (χ3v) is 5.37. The van der Waals surface area contributed by atoms with E-state index in [-0.39, 0.29) is 6.61 Å². The molecule has 0 N–H and O–H groups in total. The van der Waals surface area contributed by atoms with Crippen molar-refractivity contribution in [2.24, 2.45) is 0 Å². The Bertz CT molecular complexity index is 1090. The van der Waals surface area contributed by atoms with Gasteiger partial charge < -0.3 is 9.47 Å². The highest BCUT2D eigenvalue weighted by Gasteiger charge is 2.37. The second kappa shape index (κ2) is 9.72. The molecule has 0 spiro atoms. The number of morpholine rings is 1. The molecule has 1 heterocycles. The maximum absolute atomic E-state index is 13.8. The van der Waals surface area contributed by atoms with E-state index >= 15 is 0 Å². The minimum atomic E-state index is -4.79. The van der Waals surface area contributed by atoms with Gasteiger partial charge in [0.2, 0.25) is 6.29 Å². The largest absolute Gasteiger partial charge is 0.430 e. The molecule has 0 aliphatic carbocycles. The highest BCUT2D eigenvalue weighted by Crippen LogP contribution is 2.34. The Hall–Kier alpha value is -3.23. The second-order valence-electron chi connectivity index (χ2n) is 7.68. The molecular formula is C25H21F4NO3. The fraction of sp³-hybridized carbons (Fsp3) is 0.240. The van der Waals surface area contributed by atoms with E-state index in [1.54, 1.807) is 0 Å². The summed E-state index contributed by atoms with van der Waals surface area (Å²) in [6, 6.07) is 20.1. The third-order valence-electron chi connectivity index (χ3n) is 5.37. The molecule has 33 heavy (non-hydrogen) atoms. The average Bonchev–Trinajstić information content (AvgIpc) is 2.79. The zero-order valence-electron chi connectivity index (χ0n) is 17.5. The molecule has 3 aromatic carbocycles. The Morgan fingerprint density at radius 3 is 2.33 bits per heavy atom. The Labute approximate surface area is 188 Å². The predicted octanol–water partition coefficient (Wildman–Crippen LogP) is 5.60. The number of alkyl halides is 3. The van der Waals surface area contributed by atoms with Gasteiger partial charge in [0.25, 0.3) is 0 Å². The number of nitrogens with zero attached hydrogens (tertiary/aromatic N) is 1. The molecule has 1 aliphatic heterocycles. The first-order valence-electron chi connectivity index (χ1n) is 10.3. The molecule has 1 aliphatic rings. The highest BCUT2D eigenvalue weighted by molar-refractivity contribution is 5.89. The molecule has 1 saturated heterocycles. The summed E-state index contributed by atoms with van der Waals surface area (Å²) in [5, 5.41) is 0. The number of rotatable bonds is 5. The molecule has 3 aromatic rings. The molecule has 0 aromatic heterocycles. The molecule has 4 nitrogen and oxygen atoms in total. The van der Waals surface area contributed by atoms with Crippen LogP contribution in [0.25, 0.3) is 0 Å². The minimum Gasteiger partial charge on any atom is -0.430 e. The summed E-state index contributed by atoms with van der Waals surface area (Å²) >= 11 is 0. The zero-order valence-corrected chi connectivity index (χ0v) is 17.5. The Morgan fingerprint density at radius 2 is 1.67 bits per heavy atom. The molecule has 172 valence electrons. The second-order valence-corrected chi connectivity index (χ2v) is 7.68. The summed E-state index contributed by atoms with van der Waals surface area (Å²) in [6.07, 6.45) is -5.88. The van der Waals surface area contributed by atoms with Crippen LogP contribution in [0.2, 0.25) is 0 Å². The summed E-state index contributed by atoms with van der Waals surface area (Å²) in [7, 11) is 0. The van der Waals surface area contributed by atoms with Crippen LogP contribution in [0, 0.1) is 5.82 Å². The molecule has 0 radical (unpaired) electrons. The predicted molar refractivity (Wildman–Crippen MR) is 113 cm³/mol. The highest BCUT2D eigenvalue weighted by atomic mass is 19.4. The van der Waals surface area contributed by atoms with Crippen molar-refractivity contribution < 1.29 is 31.8 Å². The van der Waals surface area contributed by atoms with Gasteiger partial charge in [0.05, 0.1) is 23.8 Å². The van der Waals surface area contributed by atoms with E-state index in [0.29, 0.717) is 25.2 Å². The smallest absolute Gasteiger partial charge is 0.416 e. The molecule has 8 heteroatoms. The summed E-state index contributed by atoms with van der Waals surface area (Å²) < 4.78 is 64.2. The Balaban J connectivity index is 1.61. The topological polar surface area (TPSA) is 38.8 Å². The van der Waals surface area contributed by atoms with Crippen molar-refractivity contribution in [2.45, 2.75) is 25.1 Å². The van der Waals surface area contributed by atoms with Crippen LogP contribution in [-0.2, 0) is 22.2 Å². The SMILES string of the molecule is O=C(O[C@H]1OCCN(Cc2ccccc2)[C@H]1c1ccccc1)c1cc(F)cc(C(F)(F)F)c1. The van der Waals surface area contributed by atoms with Gasteiger partial charge in [-0.2, -0.15) is 13.2 Å². The van der Waals surface area contributed by atoms with Gasteiger partial charge in [0.15, 0.2) is 0 Å². The van der Waals surface area contributed by atoms with E-state index in [0.717, 1.165) is 17.2 Å². The fourth-order valence-electron chi connectivity index (χ4n) is 3.85. The van der Waals surface area contributed by atoms with E-state index in [4.69, 9.17) is 9.47 Å². The van der Waals surface area contributed by atoms with Crippen molar-refractivity contribution in [3.63, 3.8) is 0 Å². The first-order chi connectivity index (χ1) is 15.8. The van der Waals surface area contributed by atoms with Crippen molar-refractivity contribution in [1.29, 1.82) is 0 Å². The lowest BCUT2D eigenvalue weighted by Crippen LogP contribution is -2.46. The van der Waals surface area contributed by atoms with Crippen LogP contribution < -0.4 is 0 Å². The van der Waals surface area contributed by atoms with E-state index in [1.165, 1.54) is 0 Å². The van der Waals surface area contributed by atoms with Crippen molar-refractivity contribution >= 4 is 5.97 Å². The van der Waals surface area contributed by atoms with Crippen LogP contribution in [0.15, 0.2) is 78.9 Å². The van der Waals surface area contributed by atoms with Crippen molar-refractivity contribution in [1.82, 2.24) is 4.90 Å². The van der Waals surface area contributed by atoms with Gasteiger partial charge in [0, 0.05) is 13.1 Å². The number of carbonyl (C=O) groups excluding carboxylic acids is 1. The normalized spacial score (nSPS) is 19.3. The number of hydrogen-bond donors (Lipinski definition) is 0. The third kappa shape index (κ3) is 5.58. The minimum absolute atomic E-state index is 0.255. The molecule has 1 fully saturated rings.